The van der Waals surface area contributed by atoms with E-state index < -0.39 is 0 Å². The molecule has 2 N–H and O–H groups in total. The molecule has 110 valence electrons. The summed E-state index contributed by atoms with van der Waals surface area (Å²) in [6.07, 6.45) is 4.33. The third-order valence-corrected chi connectivity index (χ3v) is 3.92. The van der Waals surface area contributed by atoms with E-state index in [1.807, 2.05) is 24.3 Å². The predicted octanol–water partition coefficient (Wildman–Crippen LogP) is 3.24. The number of nitrogens with one attached hydrogen (secondary N) is 2. The fourth-order valence-corrected chi connectivity index (χ4v) is 2.65. The van der Waals surface area contributed by atoms with E-state index in [0.29, 0.717) is 11.6 Å². The van der Waals surface area contributed by atoms with Crippen LogP contribution in [0.2, 0.25) is 0 Å². The lowest BCUT2D eigenvalue weighted by molar-refractivity contribution is 0.0926. The van der Waals surface area contributed by atoms with Crippen LogP contribution in [0.1, 0.15) is 54.0 Å². The number of aryl methyl sites for hydroxylation is 1. The van der Waals surface area contributed by atoms with Gasteiger partial charge >= 0.3 is 0 Å². The molecule has 1 aliphatic carbocycles. The molecule has 21 heavy (non-hydrogen) atoms. The summed E-state index contributed by atoms with van der Waals surface area (Å²) in [6.45, 7) is 2.11. The zero-order valence-corrected chi connectivity index (χ0v) is 12.3. The lowest BCUT2D eigenvalue weighted by atomic mass is 10.0. The second-order valence-electron chi connectivity index (χ2n) is 5.73. The second-order valence-corrected chi connectivity index (χ2v) is 5.73. The smallest absolute Gasteiger partial charge is 0.272 e. The first-order valence-electron chi connectivity index (χ1n) is 7.68. The quantitative estimate of drug-likeness (QED) is 0.855. The Morgan fingerprint density at radius 2 is 2.14 bits per heavy atom. The van der Waals surface area contributed by atoms with Crippen molar-refractivity contribution in [3.63, 3.8) is 0 Å². The van der Waals surface area contributed by atoms with Crippen LogP contribution in [0.4, 0.5) is 0 Å². The van der Waals surface area contributed by atoms with E-state index in [1.165, 1.54) is 18.4 Å². The van der Waals surface area contributed by atoms with E-state index in [-0.39, 0.29) is 11.9 Å². The summed E-state index contributed by atoms with van der Waals surface area (Å²) in [5.74, 6) is 0.472. The summed E-state index contributed by atoms with van der Waals surface area (Å²) in [5, 5.41) is 10.2. The molecule has 1 heterocycles. The van der Waals surface area contributed by atoms with Crippen LogP contribution in [-0.4, -0.2) is 16.1 Å². The van der Waals surface area contributed by atoms with Gasteiger partial charge in [0.25, 0.3) is 5.91 Å². The Hall–Kier alpha value is -2.10. The van der Waals surface area contributed by atoms with Gasteiger partial charge in [0.05, 0.1) is 6.04 Å². The highest BCUT2D eigenvalue weighted by Gasteiger charge is 2.33. The molecule has 1 fully saturated rings. The van der Waals surface area contributed by atoms with Crippen molar-refractivity contribution in [1.29, 1.82) is 0 Å². The summed E-state index contributed by atoms with van der Waals surface area (Å²) in [7, 11) is 0. The van der Waals surface area contributed by atoms with Crippen molar-refractivity contribution in [1.82, 2.24) is 15.5 Å². The van der Waals surface area contributed by atoms with Gasteiger partial charge in [-0.3, -0.25) is 9.89 Å². The summed E-state index contributed by atoms with van der Waals surface area (Å²) in [6, 6.07) is 12.2. The lowest BCUT2D eigenvalue weighted by Crippen LogP contribution is -2.30. The zero-order valence-electron chi connectivity index (χ0n) is 12.3. The average molecular weight is 283 g/mol. The van der Waals surface area contributed by atoms with Gasteiger partial charge in [0.15, 0.2) is 0 Å². The van der Waals surface area contributed by atoms with Crippen LogP contribution in [0.15, 0.2) is 36.4 Å². The van der Waals surface area contributed by atoms with Crippen LogP contribution in [0.3, 0.4) is 0 Å². The fourth-order valence-electron chi connectivity index (χ4n) is 2.65. The molecule has 3 rings (SSSR count). The summed E-state index contributed by atoms with van der Waals surface area (Å²) >= 11 is 0. The summed E-state index contributed by atoms with van der Waals surface area (Å²) < 4.78 is 0. The Balaban J connectivity index is 1.72. The molecule has 0 bridgehead atoms. The first-order valence-corrected chi connectivity index (χ1v) is 7.68. The number of hydrogen-bond acceptors (Lipinski definition) is 2. The van der Waals surface area contributed by atoms with Gasteiger partial charge in [0, 0.05) is 5.69 Å². The molecule has 0 aliphatic heterocycles. The minimum atomic E-state index is -0.0886. The molecule has 1 atom stereocenters. The van der Waals surface area contributed by atoms with Crippen molar-refractivity contribution in [2.75, 3.05) is 0 Å². The molecule has 4 nitrogen and oxygen atoms in total. The van der Waals surface area contributed by atoms with E-state index in [4.69, 9.17) is 0 Å². The van der Waals surface area contributed by atoms with E-state index in [9.17, 15) is 4.79 Å². The van der Waals surface area contributed by atoms with Crippen LogP contribution < -0.4 is 5.32 Å². The average Bonchev–Trinajstić information content (AvgIpc) is 3.24. The predicted molar refractivity (Wildman–Crippen MR) is 82.0 cm³/mol. The van der Waals surface area contributed by atoms with Gasteiger partial charge in [-0.15, -0.1) is 0 Å². The Labute approximate surface area is 125 Å². The molecule has 4 heteroatoms. The van der Waals surface area contributed by atoms with Crippen LogP contribution in [0.25, 0.3) is 0 Å². The number of hydrogen-bond donors (Lipinski definition) is 2. The molecule has 0 radical (unpaired) electrons. The normalized spacial score (nSPS) is 15.7. The van der Waals surface area contributed by atoms with Gasteiger partial charge in [-0.1, -0.05) is 43.7 Å². The van der Waals surface area contributed by atoms with Gasteiger partial charge in [0.2, 0.25) is 0 Å². The highest BCUT2D eigenvalue weighted by molar-refractivity contribution is 5.92. The highest BCUT2D eigenvalue weighted by atomic mass is 16.2. The van der Waals surface area contributed by atoms with Crippen LogP contribution in [-0.2, 0) is 6.42 Å². The first kappa shape index (κ1) is 13.9. The molecular formula is C17H21N3O. The third kappa shape index (κ3) is 3.32. The maximum Gasteiger partial charge on any atom is 0.272 e. The third-order valence-electron chi connectivity index (χ3n) is 3.92. The van der Waals surface area contributed by atoms with Crippen molar-refractivity contribution in [3.8, 4) is 0 Å². The van der Waals surface area contributed by atoms with Crippen molar-refractivity contribution < 1.29 is 4.79 Å². The number of amides is 1. The van der Waals surface area contributed by atoms with Crippen LogP contribution >= 0.6 is 0 Å². The molecule has 1 aromatic carbocycles. The lowest BCUT2D eigenvalue weighted by Gasteiger charge is -2.18. The minimum absolute atomic E-state index is 0.0886. The molecule has 1 unspecified atom stereocenters. The number of aromatic nitrogens is 2. The minimum Gasteiger partial charge on any atom is -0.344 e. The Morgan fingerprint density at radius 3 is 2.81 bits per heavy atom. The number of carbonyl (C=O) groups excluding carboxylic acids is 1. The number of carbonyl (C=O) groups is 1. The van der Waals surface area contributed by atoms with Crippen molar-refractivity contribution in [2.45, 2.75) is 38.6 Å². The maximum absolute atomic E-state index is 12.4. The van der Waals surface area contributed by atoms with Crippen molar-refractivity contribution in [2.24, 2.45) is 5.92 Å². The van der Waals surface area contributed by atoms with Crippen LogP contribution in [0, 0.1) is 5.92 Å². The highest BCUT2D eigenvalue weighted by Crippen LogP contribution is 2.41. The molecule has 1 amide bonds. The standard InChI is InChI=1S/C17H21N3O/c1-2-6-14-11-15(20-19-14)17(21)18-16(13-9-10-13)12-7-4-3-5-8-12/h3-5,7-8,11,13,16H,2,6,9-10H2,1H3,(H,18,21)(H,19,20). The maximum atomic E-state index is 12.4. The summed E-state index contributed by atoms with van der Waals surface area (Å²) in [4.78, 5) is 12.4. The topological polar surface area (TPSA) is 57.8 Å². The first-order chi connectivity index (χ1) is 10.3. The number of aromatic amines is 1. The molecule has 0 spiro atoms. The van der Waals surface area contributed by atoms with E-state index in [0.717, 1.165) is 18.5 Å². The molecule has 2 aromatic rings. The molecule has 0 saturated heterocycles. The number of H-pyrrole nitrogens is 1. The molecule has 1 aliphatic rings. The molecular weight excluding hydrogens is 262 g/mol. The Kier molecular flexibility index (Phi) is 4.04. The van der Waals surface area contributed by atoms with Crippen LogP contribution in [0.5, 0.6) is 0 Å². The Bertz CT molecular complexity index is 602. The number of nitrogens with zero attached hydrogens (tertiary/aromatic N) is 1. The number of benzene rings is 1. The van der Waals surface area contributed by atoms with Gasteiger partial charge in [-0.25, -0.2) is 0 Å². The van der Waals surface area contributed by atoms with Gasteiger partial charge in [0.1, 0.15) is 5.69 Å². The monoisotopic (exact) mass is 283 g/mol. The Morgan fingerprint density at radius 1 is 1.38 bits per heavy atom. The van der Waals surface area contributed by atoms with Gasteiger partial charge in [-0.05, 0) is 36.8 Å². The summed E-state index contributed by atoms with van der Waals surface area (Å²) in [5.41, 5.74) is 2.68. The van der Waals surface area contributed by atoms with E-state index in [1.54, 1.807) is 0 Å². The molecule has 1 saturated carbocycles. The largest absolute Gasteiger partial charge is 0.344 e. The molecule has 1 aromatic heterocycles. The fraction of sp³-hybridized carbons (Fsp3) is 0.412. The SMILES string of the molecule is CCCc1cc(C(=O)NC(c2ccccc2)C2CC2)n[nH]1. The second kappa shape index (κ2) is 6.12. The van der Waals surface area contributed by atoms with Crippen molar-refractivity contribution in [3.05, 3.63) is 53.3 Å². The zero-order chi connectivity index (χ0) is 14.7. The van der Waals surface area contributed by atoms with E-state index in [2.05, 4.69) is 34.6 Å². The van der Waals surface area contributed by atoms with Crippen molar-refractivity contribution >= 4 is 5.91 Å². The van der Waals surface area contributed by atoms with Gasteiger partial charge < -0.3 is 5.32 Å². The van der Waals surface area contributed by atoms with Gasteiger partial charge in [-0.2, -0.15) is 5.10 Å². The van der Waals surface area contributed by atoms with E-state index >= 15 is 0 Å². The number of rotatable bonds is 6.